The predicted octanol–water partition coefficient (Wildman–Crippen LogP) is 1.89. The number of aryl methyl sites for hydroxylation is 1. The van der Waals surface area contributed by atoms with Crippen LogP contribution in [0.1, 0.15) is 0 Å². The molecule has 0 saturated carbocycles. The van der Waals surface area contributed by atoms with E-state index in [9.17, 15) is 9.00 Å². The molecular weight excluding hydrogens is 284 g/mol. The van der Waals surface area contributed by atoms with Gasteiger partial charge < -0.3 is 10.3 Å². The number of nitrogens with zero attached hydrogens (tertiary/aromatic N) is 1. The average Bonchev–Trinajstić information content (AvgIpc) is 2.40. The molecule has 0 aliphatic carbocycles. The van der Waals surface area contributed by atoms with E-state index in [0.717, 1.165) is 0 Å². The second kappa shape index (κ2) is 6.04. The molecule has 0 spiro atoms. The van der Waals surface area contributed by atoms with Crippen molar-refractivity contribution in [1.29, 1.82) is 0 Å². The van der Waals surface area contributed by atoms with Crippen molar-refractivity contribution in [1.82, 2.24) is 4.57 Å². The van der Waals surface area contributed by atoms with E-state index < -0.39 is 10.8 Å². The normalized spacial score (nSPS) is 12.3. The van der Waals surface area contributed by atoms with Crippen LogP contribution in [0.25, 0.3) is 0 Å². The number of aromatic nitrogens is 1. The third-order valence-electron chi connectivity index (χ3n) is 2.62. The Balaban J connectivity index is 2.12. The van der Waals surface area contributed by atoms with Gasteiger partial charge in [-0.1, -0.05) is 17.7 Å². The predicted molar refractivity (Wildman–Crippen MR) is 77.8 cm³/mol. The van der Waals surface area contributed by atoms with E-state index in [4.69, 9.17) is 17.3 Å². The minimum Gasteiger partial charge on any atom is -0.399 e. The highest BCUT2D eigenvalue weighted by Gasteiger charge is 2.09. The number of hydrogen-bond acceptors (Lipinski definition) is 3. The van der Waals surface area contributed by atoms with Gasteiger partial charge in [-0.15, -0.1) is 0 Å². The molecule has 1 aromatic heterocycles. The zero-order valence-electron chi connectivity index (χ0n) is 10.1. The van der Waals surface area contributed by atoms with Crippen molar-refractivity contribution in [3.63, 3.8) is 0 Å². The second-order valence-electron chi connectivity index (χ2n) is 3.97. The van der Waals surface area contributed by atoms with Crippen molar-refractivity contribution >= 4 is 28.1 Å². The topological polar surface area (TPSA) is 65.1 Å². The molecule has 0 fully saturated rings. The summed E-state index contributed by atoms with van der Waals surface area (Å²) in [6.45, 7) is 0.372. The number of halogens is 1. The van der Waals surface area contributed by atoms with Gasteiger partial charge in [0, 0.05) is 30.2 Å². The number of nitrogen functional groups attached to an aromatic ring is 1. The molecule has 0 saturated heterocycles. The van der Waals surface area contributed by atoms with Crippen LogP contribution in [-0.4, -0.2) is 14.5 Å². The fourth-order valence-corrected chi connectivity index (χ4v) is 3.14. The summed E-state index contributed by atoms with van der Waals surface area (Å²) in [5.74, 6) is 0.313. The summed E-state index contributed by atoms with van der Waals surface area (Å²) in [5, 5.41) is 0.424. The van der Waals surface area contributed by atoms with E-state index in [1.54, 1.807) is 36.5 Å². The summed E-state index contributed by atoms with van der Waals surface area (Å²) in [7, 11) is -1.29. The lowest BCUT2D eigenvalue weighted by Gasteiger charge is -2.07. The molecule has 6 heteroatoms. The maximum absolute atomic E-state index is 12.2. The van der Waals surface area contributed by atoms with Crippen molar-refractivity contribution in [3.05, 3.63) is 58.0 Å². The monoisotopic (exact) mass is 296 g/mol. The lowest BCUT2D eigenvalue weighted by molar-refractivity contribution is 0.669. The number of rotatable bonds is 4. The quantitative estimate of drug-likeness (QED) is 0.876. The molecule has 2 N–H and O–H groups in total. The maximum Gasteiger partial charge on any atom is 0.250 e. The lowest BCUT2D eigenvalue weighted by Crippen LogP contribution is -2.21. The van der Waals surface area contributed by atoms with Crippen LogP contribution in [0.3, 0.4) is 0 Å². The smallest absolute Gasteiger partial charge is 0.250 e. The van der Waals surface area contributed by atoms with Gasteiger partial charge in [-0.2, -0.15) is 0 Å². The van der Waals surface area contributed by atoms with Gasteiger partial charge >= 0.3 is 0 Å². The van der Waals surface area contributed by atoms with E-state index in [-0.39, 0.29) is 5.56 Å². The molecule has 19 heavy (non-hydrogen) atoms. The van der Waals surface area contributed by atoms with Crippen LogP contribution in [0.4, 0.5) is 5.69 Å². The Bertz CT molecular complexity index is 670. The molecule has 100 valence electrons. The molecule has 1 heterocycles. The molecule has 0 bridgehead atoms. The maximum atomic E-state index is 12.2. The van der Waals surface area contributed by atoms with Crippen molar-refractivity contribution in [2.75, 3.05) is 11.5 Å². The molecule has 1 unspecified atom stereocenters. The van der Waals surface area contributed by atoms with Gasteiger partial charge in [0.15, 0.2) is 0 Å². The summed E-state index contributed by atoms with van der Waals surface area (Å²) in [4.78, 5) is 12.0. The van der Waals surface area contributed by atoms with Gasteiger partial charge in [0.1, 0.15) is 0 Å². The summed E-state index contributed by atoms with van der Waals surface area (Å²) < 4.78 is 13.7. The Kier molecular flexibility index (Phi) is 4.39. The van der Waals surface area contributed by atoms with Crippen LogP contribution in [-0.2, 0) is 17.3 Å². The van der Waals surface area contributed by atoms with Gasteiger partial charge in [0.05, 0.1) is 20.7 Å². The third-order valence-corrected chi connectivity index (χ3v) is 4.44. The first-order valence-electron chi connectivity index (χ1n) is 5.67. The van der Waals surface area contributed by atoms with Gasteiger partial charge in [-0.05, 0) is 24.3 Å². The summed E-state index contributed by atoms with van der Waals surface area (Å²) in [6, 6.07) is 9.79. The molecular formula is C13H13ClN2O2S. The first kappa shape index (κ1) is 13.8. The van der Waals surface area contributed by atoms with Crippen LogP contribution in [0, 0.1) is 0 Å². The summed E-state index contributed by atoms with van der Waals surface area (Å²) in [6.07, 6.45) is 1.67. The molecule has 1 aromatic carbocycles. The summed E-state index contributed by atoms with van der Waals surface area (Å²) in [5.41, 5.74) is 6.05. The highest BCUT2D eigenvalue weighted by Crippen LogP contribution is 2.22. The molecule has 0 aliphatic rings. The third kappa shape index (κ3) is 3.45. The Hall–Kier alpha value is -1.59. The Morgan fingerprint density at radius 3 is 2.79 bits per heavy atom. The van der Waals surface area contributed by atoms with Gasteiger partial charge in [0.25, 0.3) is 5.56 Å². The molecule has 0 aliphatic heterocycles. The molecule has 4 nitrogen and oxygen atoms in total. The zero-order valence-corrected chi connectivity index (χ0v) is 11.7. The van der Waals surface area contributed by atoms with Crippen molar-refractivity contribution in [2.45, 2.75) is 11.4 Å². The van der Waals surface area contributed by atoms with Gasteiger partial charge in [0.2, 0.25) is 0 Å². The standard InChI is InChI=1S/C13H13ClN2O2S/c14-11-5-4-10(15)9-12(11)19(18)8-7-16-6-2-1-3-13(16)17/h1-6,9H,7-8,15H2. The molecule has 0 radical (unpaired) electrons. The van der Waals surface area contributed by atoms with E-state index in [1.165, 1.54) is 10.6 Å². The fraction of sp³-hybridized carbons (Fsp3) is 0.154. The van der Waals surface area contributed by atoms with Gasteiger partial charge in [-0.3, -0.25) is 9.00 Å². The van der Waals surface area contributed by atoms with E-state index in [2.05, 4.69) is 0 Å². The largest absolute Gasteiger partial charge is 0.399 e. The molecule has 2 rings (SSSR count). The number of benzene rings is 1. The van der Waals surface area contributed by atoms with Crippen LogP contribution in [0.5, 0.6) is 0 Å². The highest BCUT2D eigenvalue weighted by atomic mass is 35.5. The van der Waals surface area contributed by atoms with E-state index >= 15 is 0 Å². The molecule has 1 atom stereocenters. The minimum atomic E-state index is -1.29. The van der Waals surface area contributed by atoms with Crippen molar-refractivity contribution in [2.24, 2.45) is 0 Å². The first-order chi connectivity index (χ1) is 9.08. The minimum absolute atomic E-state index is 0.113. The number of nitrogens with two attached hydrogens (primary N) is 1. The van der Waals surface area contributed by atoms with E-state index in [0.29, 0.717) is 27.9 Å². The van der Waals surface area contributed by atoms with E-state index in [1.807, 2.05) is 0 Å². The number of anilines is 1. The lowest BCUT2D eigenvalue weighted by atomic mass is 10.3. The Morgan fingerprint density at radius 2 is 2.05 bits per heavy atom. The molecule has 0 amide bonds. The highest BCUT2D eigenvalue weighted by molar-refractivity contribution is 7.85. The Labute approximate surface area is 118 Å². The number of hydrogen-bond donors (Lipinski definition) is 1. The zero-order chi connectivity index (χ0) is 13.8. The van der Waals surface area contributed by atoms with Crippen LogP contribution in [0.2, 0.25) is 5.02 Å². The van der Waals surface area contributed by atoms with Crippen LogP contribution < -0.4 is 11.3 Å². The number of pyridine rings is 1. The van der Waals surface area contributed by atoms with Crippen LogP contribution in [0.15, 0.2) is 52.3 Å². The van der Waals surface area contributed by atoms with Crippen LogP contribution >= 0.6 is 11.6 Å². The molecule has 2 aromatic rings. The second-order valence-corrected chi connectivity index (χ2v) is 5.92. The fourth-order valence-electron chi connectivity index (χ4n) is 1.63. The van der Waals surface area contributed by atoms with Crippen molar-refractivity contribution < 1.29 is 4.21 Å². The Morgan fingerprint density at radius 1 is 1.26 bits per heavy atom. The van der Waals surface area contributed by atoms with Crippen molar-refractivity contribution in [3.8, 4) is 0 Å². The first-order valence-corrected chi connectivity index (χ1v) is 7.36. The average molecular weight is 297 g/mol. The summed E-state index contributed by atoms with van der Waals surface area (Å²) >= 11 is 5.99. The SMILES string of the molecule is Nc1ccc(Cl)c(S(=O)CCn2ccccc2=O)c1. The van der Waals surface area contributed by atoms with Gasteiger partial charge in [-0.25, -0.2) is 0 Å².